The van der Waals surface area contributed by atoms with Crippen LogP contribution in [0.2, 0.25) is 0 Å². The van der Waals surface area contributed by atoms with Crippen LogP contribution in [0.5, 0.6) is 0 Å². The van der Waals surface area contributed by atoms with Crippen molar-refractivity contribution in [3.63, 3.8) is 0 Å². The molecule has 0 aromatic rings. The van der Waals surface area contributed by atoms with Gasteiger partial charge in [-0.1, -0.05) is 20.8 Å². The lowest BCUT2D eigenvalue weighted by molar-refractivity contribution is -0.226. The second-order valence-corrected chi connectivity index (χ2v) is 26.9. The molecule has 0 radical (unpaired) electrons. The van der Waals surface area contributed by atoms with E-state index in [4.69, 9.17) is 52.1 Å². The normalized spacial score (nSPS) is 26.3. The highest BCUT2D eigenvalue weighted by Gasteiger charge is 2.68. The summed E-state index contributed by atoms with van der Waals surface area (Å²) in [5.74, 6) is -9.27. The van der Waals surface area contributed by atoms with Crippen LogP contribution in [0, 0.1) is 46.3 Å². The molecular weight excluding hydrogens is 1070 g/mol. The molecule has 0 amide bonds. The van der Waals surface area contributed by atoms with Crippen molar-refractivity contribution in [3.05, 3.63) is 0 Å². The molecule has 0 aromatic carbocycles. The first-order valence-corrected chi connectivity index (χ1v) is 28.8. The Morgan fingerprint density at radius 2 is 0.805 bits per heavy atom. The van der Waals surface area contributed by atoms with Gasteiger partial charge >= 0.3 is 65.7 Å². The molecule has 4 fully saturated rings. The van der Waals surface area contributed by atoms with Crippen molar-refractivity contribution in [2.75, 3.05) is 26.4 Å². The summed E-state index contributed by atoms with van der Waals surface area (Å²) >= 11 is 0. The molecule has 82 heavy (non-hydrogen) atoms. The van der Waals surface area contributed by atoms with Crippen LogP contribution in [-0.2, 0) is 105 Å². The van der Waals surface area contributed by atoms with Gasteiger partial charge < -0.3 is 52.1 Å². The van der Waals surface area contributed by atoms with Gasteiger partial charge in [0.1, 0.15) is 40.7 Å². The third-order valence-electron chi connectivity index (χ3n) is 15.8. The van der Waals surface area contributed by atoms with Crippen LogP contribution < -0.4 is 0 Å². The zero-order chi connectivity index (χ0) is 61.8. The minimum absolute atomic E-state index is 0.0206. The second-order valence-electron chi connectivity index (χ2n) is 26.9. The van der Waals surface area contributed by atoms with E-state index in [-0.39, 0.29) is 80.5 Å². The van der Waals surface area contributed by atoms with Gasteiger partial charge in [-0.15, -0.1) is 0 Å². The third-order valence-corrected chi connectivity index (χ3v) is 15.8. The standard InChI is InChI=1S/C60H92O22/c1-35(16-19-43(61)72-31-50(68)79-55(2,3)4)38-17-18-39-54-40(30-42(60(38,39)15)78-49(67)25-22-46(64)75-34-53(71)82-58(11,12)13)59(14)27-26-37(76-47(65)23-20-44(62)73-32-51(69)80-56(5,6)7)28-36(59)29-41(54)77-48(66)24-21-45(63)74-33-52(70)81-57(8,9)10/h35-42,54H,16-34H2,1-15H3. The fraction of sp³-hybridized carbons (Fsp3) is 0.817. The molecule has 4 aliphatic rings. The van der Waals surface area contributed by atoms with Crippen LogP contribution in [-0.4, -0.2) is 133 Å². The highest BCUT2D eigenvalue weighted by Crippen LogP contribution is 2.69. The first-order chi connectivity index (χ1) is 37.8. The fourth-order valence-corrected chi connectivity index (χ4v) is 12.6. The molecule has 4 aliphatic carbocycles. The topological polar surface area (TPSA) is 289 Å². The molecule has 0 aliphatic heterocycles. The van der Waals surface area contributed by atoms with Crippen molar-refractivity contribution in [2.24, 2.45) is 46.3 Å². The first kappa shape index (κ1) is 68.7. The number of esters is 11. The van der Waals surface area contributed by atoms with E-state index in [0.717, 1.165) is 0 Å². The van der Waals surface area contributed by atoms with Gasteiger partial charge in [0.2, 0.25) is 0 Å². The van der Waals surface area contributed by atoms with Crippen molar-refractivity contribution in [2.45, 2.75) is 241 Å². The molecule has 0 saturated heterocycles. The van der Waals surface area contributed by atoms with Crippen LogP contribution in [0.25, 0.3) is 0 Å². The number of ether oxygens (including phenoxy) is 11. The monoisotopic (exact) mass is 1160 g/mol. The van der Waals surface area contributed by atoms with Crippen molar-refractivity contribution in [1.82, 2.24) is 0 Å². The number of hydrogen-bond acceptors (Lipinski definition) is 22. The largest absolute Gasteiger partial charge is 0.462 e. The van der Waals surface area contributed by atoms with Gasteiger partial charge in [0.15, 0.2) is 26.4 Å². The highest BCUT2D eigenvalue weighted by molar-refractivity contribution is 5.82. The second kappa shape index (κ2) is 28.6. The Bertz CT molecular complexity index is 2310. The highest BCUT2D eigenvalue weighted by atomic mass is 16.6. The van der Waals surface area contributed by atoms with Crippen molar-refractivity contribution in [1.29, 1.82) is 0 Å². The smallest absolute Gasteiger partial charge is 0.344 e. The average Bonchev–Trinajstić information content (AvgIpc) is 3.70. The summed E-state index contributed by atoms with van der Waals surface area (Å²) in [5, 5.41) is 0. The molecule has 0 bridgehead atoms. The molecule has 11 atom stereocenters. The molecular formula is C60H92O22. The molecule has 22 nitrogen and oxygen atoms in total. The molecule has 4 rings (SSSR count). The van der Waals surface area contributed by atoms with Crippen LogP contribution >= 0.6 is 0 Å². The third kappa shape index (κ3) is 21.7. The molecule has 0 N–H and O–H groups in total. The maximum absolute atomic E-state index is 14.1. The van der Waals surface area contributed by atoms with Crippen molar-refractivity contribution < 1.29 is 105 Å². The number of carbonyl (C=O) groups excluding carboxylic acids is 11. The van der Waals surface area contributed by atoms with E-state index in [0.29, 0.717) is 51.4 Å². The summed E-state index contributed by atoms with van der Waals surface area (Å²) in [5.41, 5.74) is -4.46. The van der Waals surface area contributed by atoms with Gasteiger partial charge in [0.25, 0.3) is 0 Å². The van der Waals surface area contributed by atoms with E-state index in [1.165, 1.54) is 0 Å². The molecule has 4 saturated carbocycles. The predicted molar refractivity (Wildman–Crippen MR) is 289 cm³/mol. The molecule has 11 unspecified atom stereocenters. The van der Waals surface area contributed by atoms with Crippen LogP contribution in [0.3, 0.4) is 0 Å². The Morgan fingerprint density at radius 1 is 0.427 bits per heavy atom. The van der Waals surface area contributed by atoms with E-state index in [9.17, 15) is 52.7 Å². The summed E-state index contributed by atoms with van der Waals surface area (Å²) < 4.78 is 60.5. The zero-order valence-corrected chi connectivity index (χ0v) is 51.1. The predicted octanol–water partition coefficient (Wildman–Crippen LogP) is 7.90. The lowest BCUT2D eigenvalue weighted by Crippen LogP contribution is -2.63. The summed E-state index contributed by atoms with van der Waals surface area (Å²) in [6.45, 7) is 24.0. The van der Waals surface area contributed by atoms with Crippen molar-refractivity contribution >= 4 is 65.7 Å². The van der Waals surface area contributed by atoms with Gasteiger partial charge in [0.05, 0.1) is 38.5 Å². The van der Waals surface area contributed by atoms with Gasteiger partial charge in [-0.3, -0.25) is 33.6 Å². The van der Waals surface area contributed by atoms with E-state index in [1.807, 2.05) is 6.92 Å². The fourth-order valence-electron chi connectivity index (χ4n) is 12.6. The number of rotatable bonds is 24. The Kier molecular flexibility index (Phi) is 24.0. The first-order valence-electron chi connectivity index (χ1n) is 28.8. The molecule has 0 aromatic heterocycles. The Labute approximate surface area is 482 Å². The maximum Gasteiger partial charge on any atom is 0.344 e. The van der Waals surface area contributed by atoms with E-state index in [2.05, 4.69) is 13.8 Å². The minimum atomic E-state index is -0.809. The quantitative estimate of drug-likeness (QED) is 0.0655. The molecule has 464 valence electrons. The van der Waals surface area contributed by atoms with Crippen molar-refractivity contribution in [3.8, 4) is 0 Å². The Morgan fingerprint density at radius 3 is 1.22 bits per heavy atom. The van der Waals surface area contributed by atoms with Gasteiger partial charge in [-0.2, -0.15) is 0 Å². The van der Waals surface area contributed by atoms with E-state index < -0.39 is 144 Å². The summed E-state index contributed by atoms with van der Waals surface area (Å²) in [6, 6.07) is 0. The summed E-state index contributed by atoms with van der Waals surface area (Å²) in [6.07, 6.45) is -0.602. The Hall–Kier alpha value is -5.83. The van der Waals surface area contributed by atoms with Gasteiger partial charge in [-0.25, -0.2) is 19.2 Å². The SMILES string of the molecule is CC(CCC(=O)OCC(=O)OC(C)(C)C)C1CCC2C3C(OC(=O)CCC(=O)OCC(=O)OC(C)(C)C)CC4CC(OC(=O)CCC(=O)OCC(=O)OC(C)(C)C)CCC4(C)C3CC(OC(=O)CCC(=O)OCC(=O)OC(C)(C)C)C12C. The molecule has 0 heterocycles. The zero-order valence-electron chi connectivity index (χ0n) is 51.1. The van der Waals surface area contributed by atoms with Crippen LogP contribution in [0.1, 0.15) is 200 Å². The minimum Gasteiger partial charge on any atom is -0.462 e. The number of carbonyl (C=O) groups is 11. The van der Waals surface area contributed by atoms with Crippen LogP contribution in [0.4, 0.5) is 0 Å². The summed E-state index contributed by atoms with van der Waals surface area (Å²) in [7, 11) is 0. The molecule has 22 heteroatoms. The number of hydrogen-bond donors (Lipinski definition) is 0. The number of fused-ring (bicyclic) bond motifs is 5. The van der Waals surface area contributed by atoms with Gasteiger partial charge in [0, 0.05) is 17.8 Å². The van der Waals surface area contributed by atoms with Crippen LogP contribution in [0.15, 0.2) is 0 Å². The summed E-state index contributed by atoms with van der Waals surface area (Å²) in [4.78, 5) is 142. The lowest BCUT2D eigenvalue weighted by atomic mass is 9.43. The maximum atomic E-state index is 14.1. The lowest BCUT2D eigenvalue weighted by Gasteiger charge is -2.64. The van der Waals surface area contributed by atoms with E-state index >= 15 is 0 Å². The van der Waals surface area contributed by atoms with Gasteiger partial charge in [-0.05, 0) is 169 Å². The average molecular weight is 1170 g/mol. The molecule has 0 spiro atoms. The Balaban J connectivity index is 1.62. The van der Waals surface area contributed by atoms with E-state index in [1.54, 1.807) is 83.1 Å².